The van der Waals surface area contributed by atoms with Crippen molar-refractivity contribution in [3.05, 3.63) is 89.0 Å². The second-order valence-electron chi connectivity index (χ2n) is 7.98. The first-order chi connectivity index (χ1) is 14.2. The van der Waals surface area contributed by atoms with Crippen molar-refractivity contribution in [1.82, 2.24) is 0 Å². The van der Waals surface area contributed by atoms with Gasteiger partial charge in [0.25, 0.3) is 0 Å². The summed E-state index contributed by atoms with van der Waals surface area (Å²) in [5.74, 6) is 0. The predicted octanol–water partition coefficient (Wildman–Crippen LogP) is 7.45. The van der Waals surface area contributed by atoms with Crippen LogP contribution < -0.4 is 10.6 Å². The van der Waals surface area contributed by atoms with E-state index in [2.05, 4.69) is 108 Å². The maximum absolute atomic E-state index is 9.80. The molecule has 1 unspecified atom stereocenters. The molecule has 0 amide bonds. The molecule has 4 rings (SSSR count). The molecule has 0 N–H and O–H groups in total. The Hall–Kier alpha value is -1.30. The molecule has 0 aliphatic heterocycles. The van der Waals surface area contributed by atoms with Gasteiger partial charge in [0.05, 0.1) is 0 Å². The summed E-state index contributed by atoms with van der Waals surface area (Å²) in [6.45, 7) is 13.1. The van der Waals surface area contributed by atoms with Crippen LogP contribution in [0.5, 0.6) is 0 Å². The molecule has 0 saturated heterocycles. The van der Waals surface area contributed by atoms with Gasteiger partial charge in [-0.2, -0.15) is 11.1 Å². The molecule has 30 heavy (non-hydrogen) atoms. The standard InChI is InChI=1S/C16H14P.C10H15.2FH.Zr/c1-12-11-13-7-5-6-10-15(13)16(12)17-14-8-3-2-4-9-14;1-7-6-10(4,5)9(3)8(7)2;;;/h2-11,17H,1H3;1-5H3;2*1H;/q2*-1;;;+4/p-2. The zero-order valence-corrected chi connectivity index (χ0v) is 22.0. The number of allylic oxidation sites excluding steroid dienone is 4. The maximum atomic E-state index is 9.80. The van der Waals surface area contributed by atoms with Crippen molar-refractivity contribution < 1.29 is 29.7 Å². The Morgan fingerprint density at radius 2 is 1.47 bits per heavy atom. The summed E-state index contributed by atoms with van der Waals surface area (Å²) >= 11 is -2.77. The summed E-state index contributed by atoms with van der Waals surface area (Å²) < 4.78 is 19.6. The molecule has 156 valence electrons. The summed E-state index contributed by atoms with van der Waals surface area (Å²) in [6.07, 6.45) is 3.44. The molecule has 0 nitrogen and oxygen atoms in total. The van der Waals surface area contributed by atoms with Gasteiger partial charge in [0.2, 0.25) is 0 Å². The third kappa shape index (κ3) is 6.35. The van der Waals surface area contributed by atoms with Gasteiger partial charge in [-0.25, -0.2) is 5.57 Å². The molecule has 0 aromatic heterocycles. The van der Waals surface area contributed by atoms with Crippen molar-refractivity contribution in [2.75, 3.05) is 0 Å². The molecule has 1 aliphatic rings. The molecule has 0 fully saturated rings. The third-order valence-electron chi connectivity index (χ3n) is 5.60. The third-order valence-corrected chi connectivity index (χ3v) is 7.14. The van der Waals surface area contributed by atoms with Gasteiger partial charge >= 0.3 is 29.7 Å². The minimum atomic E-state index is -2.77. The van der Waals surface area contributed by atoms with Gasteiger partial charge in [-0.15, -0.1) is 61.4 Å². The number of hydrogen-bond donors (Lipinski definition) is 0. The topological polar surface area (TPSA) is 0 Å². The SMILES string of the molecule is CC1=[C-]C(C)(C)C(C)=C1C.Cc1[cH-]c2ccccc2c1Pc1ccccc1.[F][Zr+2][F]. The van der Waals surface area contributed by atoms with Crippen LogP contribution in [-0.2, 0) is 24.5 Å². The van der Waals surface area contributed by atoms with E-state index in [0.717, 1.165) is 8.58 Å². The van der Waals surface area contributed by atoms with Crippen LogP contribution in [0.1, 0.15) is 40.2 Å². The Morgan fingerprint density at radius 3 is 1.97 bits per heavy atom. The summed E-state index contributed by atoms with van der Waals surface area (Å²) in [5, 5.41) is 5.68. The first-order valence-electron chi connectivity index (χ1n) is 9.94. The van der Waals surface area contributed by atoms with Crippen molar-refractivity contribution in [1.29, 1.82) is 0 Å². The molecule has 3 aromatic rings. The van der Waals surface area contributed by atoms with Gasteiger partial charge in [-0.1, -0.05) is 76.4 Å². The van der Waals surface area contributed by atoms with Crippen LogP contribution in [0.3, 0.4) is 0 Å². The minimum absolute atomic E-state index is 0.189. The molecule has 0 bridgehead atoms. The van der Waals surface area contributed by atoms with E-state index in [9.17, 15) is 5.25 Å². The first kappa shape index (κ1) is 25.0. The predicted molar refractivity (Wildman–Crippen MR) is 125 cm³/mol. The fourth-order valence-corrected chi connectivity index (χ4v) is 4.89. The second-order valence-corrected chi connectivity index (χ2v) is 9.66. The van der Waals surface area contributed by atoms with E-state index in [4.69, 9.17) is 0 Å². The van der Waals surface area contributed by atoms with Crippen molar-refractivity contribution >= 4 is 30.0 Å². The molecule has 3 aromatic carbocycles. The van der Waals surface area contributed by atoms with E-state index in [1.54, 1.807) is 0 Å². The quantitative estimate of drug-likeness (QED) is 0.253. The molecule has 1 aliphatic carbocycles. The van der Waals surface area contributed by atoms with Gasteiger partial charge in [0.1, 0.15) is 0 Å². The summed E-state index contributed by atoms with van der Waals surface area (Å²) in [6, 6.07) is 21.7. The number of hydrogen-bond acceptors (Lipinski definition) is 0. The molecule has 0 saturated carbocycles. The molecule has 0 radical (unpaired) electrons. The summed E-state index contributed by atoms with van der Waals surface area (Å²) in [7, 11) is 0.754. The van der Waals surface area contributed by atoms with Crippen molar-refractivity contribution in [3.63, 3.8) is 0 Å². The molecule has 1 atom stereocenters. The number of benzene rings is 2. The van der Waals surface area contributed by atoms with Crippen LogP contribution in [0.2, 0.25) is 0 Å². The van der Waals surface area contributed by atoms with E-state index in [0.29, 0.717) is 0 Å². The Kier molecular flexibility index (Phi) is 9.45. The van der Waals surface area contributed by atoms with E-state index in [-0.39, 0.29) is 5.41 Å². The number of fused-ring (bicyclic) bond motifs is 1. The monoisotopic (exact) mass is 500 g/mol. The zero-order chi connectivity index (χ0) is 22.3. The molecule has 4 heteroatoms. The van der Waals surface area contributed by atoms with Gasteiger partial charge < -0.3 is 0 Å². The average Bonchev–Trinajstić information content (AvgIpc) is 3.12. The number of rotatable bonds is 2. The van der Waals surface area contributed by atoms with E-state index in [1.165, 1.54) is 43.7 Å². The van der Waals surface area contributed by atoms with Crippen molar-refractivity contribution in [3.8, 4) is 0 Å². The zero-order valence-electron chi connectivity index (χ0n) is 18.5. The van der Waals surface area contributed by atoms with Crippen LogP contribution in [0.15, 0.2) is 77.4 Å². The van der Waals surface area contributed by atoms with Crippen molar-refractivity contribution in [2.45, 2.75) is 41.5 Å². The number of halogens is 2. The van der Waals surface area contributed by atoms with Crippen LogP contribution in [0, 0.1) is 18.4 Å². The van der Waals surface area contributed by atoms with Crippen LogP contribution >= 0.6 is 8.58 Å². The van der Waals surface area contributed by atoms with Crippen molar-refractivity contribution in [2.24, 2.45) is 5.41 Å². The second kappa shape index (κ2) is 11.4. The van der Waals surface area contributed by atoms with Crippen LogP contribution in [0.4, 0.5) is 5.25 Å². The molecule has 0 spiro atoms. The Balaban J connectivity index is 0.000000210. The number of aryl methyl sites for hydroxylation is 1. The first-order valence-corrected chi connectivity index (χ1v) is 12.8. The summed E-state index contributed by atoms with van der Waals surface area (Å²) in [4.78, 5) is 0. The Morgan fingerprint density at radius 1 is 0.900 bits per heavy atom. The van der Waals surface area contributed by atoms with Gasteiger partial charge in [0, 0.05) is 0 Å². The summed E-state index contributed by atoms with van der Waals surface area (Å²) in [5.41, 5.74) is 5.81. The Bertz CT molecular complexity index is 1030. The molecular formula is C26H29F2PZr. The average molecular weight is 502 g/mol. The molecule has 0 heterocycles. The van der Waals surface area contributed by atoms with E-state index >= 15 is 0 Å². The van der Waals surface area contributed by atoms with Crippen LogP contribution in [0.25, 0.3) is 10.8 Å². The molecular weight excluding hydrogens is 472 g/mol. The fourth-order valence-electron chi connectivity index (χ4n) is 3.61. The van der Waals surface area contributed by atoms with Crippen LogP contribution in [-0.4, -0.2) is 0 Å². The van der Waals surface area contributed by atoms with Gasteiger partial charge in [0.15, 0.2) is 0 Å². The Labute approximate surface area is 195 Å². The van der Waals surface area contributed by atoms with Gasteiger partial charge in [-0.05, 0) is 5.30 Å². The fraction of sp³-hybridized carbons (Fsp3) is 0.269. The normalized spacial score (nSPS) is 14.7. The van der Waals surface area contributed by atoms with E-state index < -0.39 is 24.5 Å². The van der Waals surface area contributed by atoms with E-state index in [1.807, 2.05) is 0 Å². The van der Waals surface area contributed by atoms with Gasteiger partial charge in [-0.3, -0.25) is 6.08 Å².